The highest BCUT2D eigenvalue weighted by atomic mass is 19.1. The summed E-state index contributed by atoms with van der Waals surface area (Å²) in [5.74, 6) is 0.613. The lowest BCUT2D eigenvalue weighted by Crippen LogP contribution is -2.03. The van der Waals surface area contributed by atoms with Crippen LogP contribution in [0.4, 0.5) is 10.1 Å². The molecule has 0 spiro atoms. The van der Waals surface area contributed by atoms with Crippen molar-refractivity contribution in [3.05, 3.63) is 29.3 Å². The fourth-order valence-corrected chi connectivity index (χ4v) is 3.29. The molecule has 1 aliphatic heterocycles. The Bertz CT molecular complexity index is 396. The van der Waals surface area contributed by atoms with E-state index in [2.05, 4.69) is 11.4 Å². The molecule has 0 aromatic heterocycles. The second kappa shape index (κ2) is 4.67. The zero-order valence-electron chi connectivity index (χ0n) is 10.2. The van der Waals surface area contributed by atoms with Crippen molar-refractivity contribution >= 4 is 5.69 Å². The summed E-state index contributed by atoms with van der Waals surface area (Å²) >= 11 is 0. The summed E-state index contributed by atoms with van der Waals surface area (Å²) in [6, 6.07) is 6.07. The normalized spacial score (nSPS) is 21.2. The van der Waals surface area contributed by atoms with Crippen LogP contribution in [-0.4, -0.2) is 6.54 Å². The zero-order chi connectivity index (χ0) is 11.7. The third-order valence-electron chi connectivity index (χ3n) is 4.23. The number of alkyl halides is 1. The van der Waals surface area contributed by atoms with E-state index in [1.54, 1.807) is 0 Å². The Labute approximate surface area is 102 Å². The molecule has 3 rings (SSSR count). The van der Waals surface area contributed by atoms with Gasteiger partial charge in [0, 0.05) is 17.8 Å². The Balaban J connectivity index is 1.76. The molecule has 1 unspecified atom stereocenters. The molecule has 0 saturated heterocycles. The zero-order valence-corrected chi connectivity index (χ0v) is 10.2. The van der Waals surface area contributed by atoms with Crippen LogP contribution in [0.2, 0.25) is 0 Å². The highest BCUT2D eigenvalue weighted by molar-refractivity contribution is 5.61. The highest BCUT2D eigenvalue weighted by Crippen LogP contribution is 2.39. The maximum atomic E-state index is 14.4. The minimum atomic E-state index is -0.779. The van der Waals surface area contributed by atoms with E-state index >= 15 is 0 Å². The lowest BCUT2D eigenvalue weighted by molar-refractivity contribution is 0.275. The van der Waals surface area contributed by atoms with Gasteiger partial charge in [-0.05, 0) is 24.3 Å². The lowest BCUT2D eigenvalue weighted by atomic mass is 9.94. The number of rotatable bonds is 3. The molecule has 1 fully saturated rings. The maximum absolute atomic E-state index is 14.4. The quantitative estimate of drug-likeness (QED) is 0.823. The van der Waals surface area contributed by atoms with Crippen molar-refractivity contribution < 1.29 is 4.39 Å². The first-order valence-corrected chi connectivity index (χ1v) is 6.84. The van der Waals surface area contributed by atoms with Crippen molar-refractivity contribution in [1.82, 2.24) is 0 Å². The molecule has 2 heteroatoms. The largest absolute Gasteiger partial charge is 0.384 e. The number of hydrogen-bond acceptors (Lipinski definition) is 1. The van der Waals surface area contributed by atoms with Gasteiger partial charge in [-0.15, -0.1) is 0 Å². The van der Waals surface area contributed by atoms with Gasteiger partial charge in [-0.2, -0.15) is 0 Å². The van der Waals surface area contributed by atoms with Crippen LogP contribution in [-0.2, 0) is 6.42 Å². The van der Waals surface area contributed by atoms with E-state index in [4.69, 9.17) is 0 Å². The van der Waals surface area contributed by atoms with E-state index in [1.807, 2.05) is 12.1 Å². The average Bonchev–Trinajstić information content (AvgIpc) is 2.97. The summed E-state index contributed by atoms with van der Waals surface area (Å²) in [4.78, 5) is 0. The number of nitrogens with one attached hydrogen (secondary N) is 1. The molecular weight excluding hydrogens is 213 g/mol. The van der Waals surface area contributed by atoms with Crippen LogP contribution >= 0.6 is 0 Å². The van der Waals surface area contributed by atoms with Gasteiger partial charge in [-0.3, -0.25) is 0 Å². The smallest absolute Gasteiger partial charge is 0.127 e. The summed E-state index contributed by atoms with van der Waals surface area (Å²) in [6.45, 7) is 0.961. The van der Waals surface area contributed by atoms with Gasteiger partial charge in [0.05, 0.1) is 0 Å². The molecule has 1 aliphatic carbocycles. The molecule has 2 aliphatic rings. The van der Waals surface area contributed by atoms with Crippen molar-refractivity contribution in [1.29, 1.82) is 0 Å². The van der Waals surface area contributed by atoms with Crippen LogP contribution in [0.1, 0.15) is 49.4 Å². The van der Waals surface area contributed by atoms with Gasteiger partial charge < -0.3 is 5.32 Å². The van der Waals surface area contributed by atoms with Crippen molar-refractivity contribution in [2.45, 2.75) is 44.7 Å². The minimum absolute atomic E-state index is 0.613. The maximum Gasteiger partial charge on any atom is 0.127 e. The van der Waals surface area contributed by atoms with Gasteiger partial charge in [-0.1, -0.05) is 43.9 Å². The number of benzene rings is 1. The van der Waals surface area contributed by atoms with Crippen LogP contribution in [0.15, 0.2) is 18.2 Å². The average molecular weight is 233 g/mol. The van der Waals surface area contributed by atoms with E-state index in [1.165, 1.54) is 31.2 Å². The monoisotopic (exact) mass is 233 g/mol. The van der Waals surface area contributed by atoms with Crippen LogP contribution in [0.3, 0.4) is 0 Å². The van der Waals surface area contributed by atoms with Crippen molar-refractivity contribution in [3.8, 4) is 0 Å². The molecule has 1 atom stereocenters. The predicted octanol–water partition coefficient (Wildman–Crippen LogP) is 4.25. The first kappa shape index (κ1) is 11.1. The Morgan fingerprint density at radius 3 is 2.94 bits per heavy atom. The fourth-order valence-electron chi connectivity index (χ4n) is 3.29. The van der Waals surface area contributed by atoms with Crippen molar-refractivity contribution in [3.63, 3.8) is 0 Å². The second-order valence-corrected chi connectivity index (χ2v) is 5.41. The molecule has 17 heavy (non-hydrogen) atoms. The number of anilines is 1. The van der Waals surface area contributed by atoms with Crippen molar-refractivity contribution in [2.75, 3.05) is 11.9 Å². The molecule has 1 N–H and O–H groups in total. The molecule has 1 heterocycles. The molecule has 92 valence electrons. The van der Waals surface area contributed by atoms with Crippen LogP contribution in [0.25, 0.3) is 0 Å². The Morgan fingerprint density at radius 2 is 2.12 bits per heavy atom. The second-order valence-electron chi connectivity index (χ2n) is 5.41. The van der Waals surface area contributed by atoms with Gasteiger partial charge in [0.1, 0.15) is 6.17 Å². The first-order valence-electron chi connectivity index (χ1n) is 6.84. The summed E-state index contributed by atoms with van der Waals surface area (Å²) in [6.07, 6.45) is 6.02. The Kier molecular flexibility index (Phi) is 3.04. The number of fused-ring (bicyclic) bond motifs is 1. The highest BCUT2D eigenvalue weighted by Gasteiger charge is 2.24. The minimum Gasteiger partial charge on any atom is -0.384 e. The molecule has 1 aromatic rings. The predicted molar refractivity (Wildman–Crippen MR) is 69.1 cm³/mol. The summed E-state index contributed by atoms with van der Waals surface area (Å²) < 4.78 is 14.4. The van der Waals surface area contributed by atoms with Gasteiger partial charge in [0.2, 0.25) is 0 Å². The Morgan fingerprint density at radius 1 is 1.29 bits per heavy atom. The third kappa shape index (κ3) is 2.18. The Hall–Kier alpha value is -1.05. The van der Waals surface area contributed by atoms with E-state index in [9.17, 15) is 4.39 Å². The van der Waals surface area contributed by atoms with Crippen LogP contribution < -0.4 is 5.32 Å². The molecule has 0 bridgehead atoms. The van der Waals surface area contributed by atoms with Crippen molar-refractivity contribution in [2.24, 2.45) is 5.92 Å². The lowest BCUT2D eigenvalue weighted by Gasteiger charge is -2.16. The van der Waals surface area contributed by atoms with Gasteiger partial charge in [0.15, 0.2) is 0 Å². The molecular formula is C15H20FN. The molecule has 0 amide bonds. The standard InChI is InChI=1S/C15H20FN/c16-14(10-11-4-1-2-5-11)13-7-3-6-12-8-9-17-15(12)13/h3,6-7,11,14,17H,1-2,4-5,8-10H2. The fraction of sp³-hybridized carbons (Fsp3) is 0.600. The van der Waals surface area contributed by atoms with Gasteiger partial charge >= 0.3 is 0 Å². The molecule has 0 radical (unpaired) electrons. The SMILES string of the molecule is FC(CC1CCCC1)c1cccc2c1NCC2. The number of halogens is 1. The van der Waals surface area contributed by atoms with E-state index in [0.717, 1.165) is 30.6 Å². The number of para-hydroxylation sites is 1. The first-order chi connectivity index (χ1) is 8.34. The summed E-state index contributed by atoms with van der Waals surface area (Å²) in [7, 11) is 0. The molecule has 1 saturated carbocycles. The third-order valence-corrected chi connectivity index (χ3v) is 4.23. The number of hydrogen-bond donors (Lipinski definition) is 1. The van der Waals surface area contributed by atoms with Gasteiger partial charge in [-0.25, -0.2) is 4.39 Å². The van der Waals surface area contributed by atoms with Crippen LogP contribution in [0.5, 0.6) is 0 Å². The molecule has 1 aromatic carbocycles. The van der Waals surface area contributed by atoms with E-state index in [-0.39, 0.29) is 0 Å². The van der Waals surface area contributed by atoms with E-state index in [0.29, 0.717) is 5.92 Å². The summed E-state index contributed by atoms with van der Waals surface area (Å²) in [5.41, 5.74) is 3.27. The van der Waals surface area contributed by atoms with Gasteiger partial charge in [0.25, 0.3) is 0 Å². The van der Waals surface area contributed by atoms with Crippen LogP contribution in [0, 0.1) is 5.92 Å². The van der Waals surface area contributed by atoms with E-state index < -0.39 is 6.17 Å². The molecule has 1 nitrogen and oxygen atoms in total. The topological polar surface area (TPSA) is 12.0 Å². The summed E-state index contributed by atoms with van der Waals surface area (Å²) in [5, 5.41) is 3.33.